The number of carbonyl (C=O) groups excluding carboxylic acids is 1. The molecule has 3 nitrogen and oxygen atoms in total. The second-order valence-electron chi connectivity index (χ2n) is 5.04. The highest BCUT2D eigenvalue weighted by atomic mass is 79.9. The number of amides is 1. The molecule has 23 heavy (non-hydrogen) atoms. The van der Waals surface area contributed by atoms with E-state index in [0.717, 1.165) is 10.9 Å². The van der Waals surface area contributed by atoms with Gasteiger partial charge in [-0.3, -0.25) is 9.78 Å². The predicted octanol–water partition coefficient (Wildman–Crippen LogP) is 5.35. The number of hydrogen-bond donors (Lipinski definition) is 1. The van der Waals surface area contributed by atoms with Gasteiger partial charge in [0.15, 0.2) is 0 Å². The highest BCUT2D eigenvalue weighted by Gasteiger charge is 2.13. The Morgan fingerprint density at radius 2 is 2.00 bits per heavy atom. The first kappa shape index (κ1) is 15.9. The molecule has 0 spiro atoms. The van der Waals surface area contributed by atoms with Crippen molar-refractivity contribution in [2.45, 2.75) is 6.92 Å². The minimum absolute atomic E-state index is 0.316. The number of rotatable bonds is 2. The second kappa shape index (κ2) is 6.26. The van der Waals surface area contributed by atoms with Crippen LogP contribution in [0.2, 0.25) is 5.02 Å². The zero-order valence-electron chi connectivity index (χ0n) is 12.0. The monoisotopic (exact) mass is 392 g/mol. The number of nitrogens with zero attached hydrogens (tertiary/aromatic N) is 1. The number of carbonyl (C=O) groups is 1. The first-order chi connectivity index (χ1) is 10.9. The Bertz CT molecular complexity index is 930. The van der Waals surface area contributed by atoms with E-state index < -0.39 is 0 Å². The van der Waals surface area contributed by atoms with Gasteiger partial charge in [-0.2, -0.15) is 0 Å². The Balaban J connectivity index is 1.98. The summed E-state index contributed by atoms with van der Waals surface area (Å²) in [6.07, 6.45) is 0. The molecule has 6 heteroatoms. The maximum atomic E-state index is 13.1. The molecule has 116 valence electrons. The minimum atomic E-state index is -0.381. The molecule has 0 aliphatic rings. The number of nitrogens with one attached hydrogen (secondary N) is 1. The largest absolute Gasteiger partial charge is 0.321 e. The van der Waals surface area contributed by atoms with Gasteiger partial charge in [0, 0.05) is 14.9 Å². The summed E-state index contributed by atoms with van der Waals surface area (Å²) >= 11 is 9.21. The van der Waals surface area contributed by atoms with Crippen LogP contribution >= 0.6 is 27.5 Å². The van der Waals surface area contributed by atoms with Gasteiger partial charge in [0.2, 0.25) is 0 Å². The van der Waals surface area contributed by atoms with Crippen LogP contribution in [0.3, 0.4) is 0 Å². The molecule has 3 aromatic rings. The molecular weight excluding hydrogens is 383 g/mol. The van der Waals surface area contributed by atoms with E-state index in [1.54, 1.807) is 25.1 Å². The quantitative estimate of drug-likeness (QED) is 0.637. The number of pyridine rings is 1. The van der Waals surface area contributed by atoms with E-state index in [1.807, 2.05) is 6.07 Å². The van der Waals surface area contributed by atoms with Crippen LogP contribution in [0.15, 0.2) is 46.9 Å². The number of anilines is 1. The third kappa shape index (κ3) is 3.35. The average molecular weight is 394 g/mol. The highest BCUT2D eigenvalue weighted by molar-refractivity contribution is 9.10. The van der Waals surface area contributed by atoms with Crippen molar-refractivity contribution >= 4 is 50.0 Å². The van der Waals surface area contributed by atoms with E-state index in [2.05, 4.69) is 26.2 Å². The Hall–Kier alpha value is -1.98. The first-order valence-electron chi connectivity index (χ1n) is 6.77. The van der Waals surface area contributed by atoms with Gasteiger partial charge < -0.3 is 5.32 Å². The van der Waals surface area contributed by atoms with Crippen LogP contribution in [0.5, 0.6) is 0 Å². The number of halogens is 3. The van der Waals surface area contributed by atoms with Crippen LogP contribution in [-0.4, -0.2) is 10.9 Å². The van der Waals surface area contributed by atoms with E-state index in [-0.39, 0.29) is 11.7 Å². The fraction of sp³-hybridized carbons (Fsp3) is 0.0588. The topological polar surface area (TPSA) is 42.0 Å². The minimum Gasteiger partial charge on any atom is -0.321 e. The fourth-order valence-corrected chi connectivity index (χ4v) is 2.88. The Kier molecular flexibility index (Phi) is 4.33. The molecule has 1 N–H and O–H groups in total. The highest BCUT2D eigenvalue weighted by Crippen LogP contribution is 2.25. The van der Waals surface area contributed by atoms with Gasteiger partial charge in [0.05, 0.1) is 22.5 Å². The van der Waals surface area contributed by atoms with Gasteiger partial charge in [0.25, 0.3) is 5.91 Å². The Morgan fingerprint density at radius 3 is 2.74 bits per heavy atom. The number of aromatic nitrogens is 1. The maximum Gasteiger partial charge on any atom is 0.257 e. The number of benzene rings is 2. The van der Waals surface area contributed by atoms with Crippen molar-refractivity contribution in [3.8, 4) is 0 Å². The molecule has 1 aromatic heterocycles. The fourth-order valence-electron chi connectivity index (χ4n) is 2.25. The number of hydrogen-bond acceptors (Lipinski definition) is 2. The van der Waals surface area contributed by atoms with Crippen LogP contribution in [0.1, 0.15) is 16.1 Å². The van der Waals surface area contributed by atoms with Crippen molar-refractivity contribution in [1.29, 1.82) is 0 Å². The van der Waals surface area contributed by atoms with Gasteiger partial charge in [0.1, 0.15) is 5.82 Å². The van der Waals surface area contributed by atoms with Gasteiger partial charge in [-0.25, -0.2) is 4.39 Å². The van der Waals surface area contributed by atoms with E-state index in [1.165, 1.54) is 18.2 Å². The summed E-state index contributed by atoms with van der Waals surface area (Å²) in [5, 5.41) is 4.11. The molecule has 0 aliphatic carbocycles. The molecular formula is C17H11BrClFN2O. The molecule has 0 saturated heterocycles. The average Bonchev–Trinajstić information content (AvgIpc) is 2.49. The lowest BCUT2D eigenvalue weighted by Gasteiger charge is -2.10. The van der Waals surface area contributed by atoms with E-state index in [0.29, 0.717) is 26.4 Å². The SMILES string of the molecule is Cc1nc2ccc(Cl)cc2cc1C(=O)Nc1ccc(F)cc1Br. The number of aryl methyl sites for hydroxylation is 1. The zero-order chi connectivity index (χ0) is 16.6. The Morgan fingerprint density at radius 1 is 1.22 bits per heavy atom. The lowest BCUT2D eigenvalue weighted by Crippen LogP contribution is -2.14. The van der Waals surface area contributed by atoms with E-state index in [4.69, 9.17) is 11.6 Å². The molecule has 1 amide bonds. The van der Waals surface area contributed by atoms with Crippen molar-refractivity contribution in [2.24, 2.45) is 0 Å². The standard InChI is InChI=1S/C17H11BrClFN2O/c1-9-13(7-10-6-11(19)2-4-15(10)21-9)17(23)22-16-5-3-12(20)8-14(16)18/h2-8H,1H3,(H,22,23). The molecule has 3 rings (SSSR count). The summed E-state index contributed by atoms with van der Waals surface area (Å²) in [6.45, 7) is 1.77. The summed E-state index contributed by atoms with van der Waals surface area (Å²) in [5.74, 6) is -0.697. The lowest BCUT2D eigenvalue weighted by molar-refractivity contribution is 0.102. The van der Waals surface area contributed by atoms with Gasteiger partial charge in [-0.05, 0) is 65.3 Å². The molecule has 0 saturated carbocycles. The van der Waals surface area contributed by atoms with E-state index in [9.17, 15) is 9.18 Å². The van der Waals surface area contributed by atoms with Crippen LogP contribution < -0.4 is 5.32 Å². The van der Waals surface area contributed by atoms with Crippen molar-refractivity contribution < 1.29 is 9.18 Å². The van der Waals surface area contributed by atoms with Gasteiger partial charge >= 0.3 is 0 Å². The maximum absolute atomic E-state index is 13.1. The third-order valence-corrected chi connectivity index (χ3v) is 4.28. The van der Waals surface area contributed by atoms with E-state index >= 15 is 0 Å². The van der Waals surface area contributed by atoms with Gasteiger partial charge in [-0.15, -0.1) is 0 Å². The molecule has 2 aromatic carbocycles. The van der Waals surface area contributed by atoms with Crippen LogP contribution in [0.25, 0.3) is 10.9 Å². The smallest absolute Gasteiger partial charge is 0.257 e. The zero-order valence-corrected chi connectivity index (χ0v) is 14.4. The van der Waals surface area contributed by atoms with Crippen molar-refractivity contribution in [3.63, 3.8) is 0 Å². The Labute approximate surface area is 145 Å². The third-order valence-electron chi connectivity index (χ3n) is 3.39. The molecule has 0 atom stereocenters. The van der Waals surface area contributed by atoms with Crippen LogP contribution in [-0.2, 0) is 0 Å². The molecule has 0 fully saturated rings. The predicted molar refractivity (Wildman–Crippen MR) is 93.5 cm³/mol. The summed E-state index contributed by atoms with van der Waals surface area (Å²) in [6, 6.07) is 11.1. The number of fused-ring (bicyclic) bond motifs is 1. The van der Waals surface area contributed by atoms with Crippen molar-refractivity contribution in [2.75, 3.05) is 5.32 Å². The molecule has 1 heterocycles. The van der Waals surface area contributed by atoms with Crippen molar-refractivity contribution in [1.82, 2.24) is 4.98 Å². The molecule has 0 unspecified atom stereocenters. The van der Waals surface area contributed by atoms with Crippen LogP contribution in [0, 0.1) is 12.7 Å². The summed E-state index contributed by atoms with van der Waals surface area (Å²) < 4.78 is 13.6. The lowest BCUT2D eigenvalue weighted by atomic mass is 10.1. The summed E-state index contributed by atoms with van der Waals surface area (Å²) in [7, 11) is 0. The summed E-state index contributed by atoms with van der Waals surface area (Å²) in [5.41, 5.74) is 2.31. The molecule has 0 radical (unpaired) electrons. The molecule has 0 bridgehead atoms. The van der Waals surface area contributed by atoms with Crippen LogP contribution in [0.4, 0.5) is 10.1 Å². The molecule has 0 aliphatic heterocycles. The van der Waals surface area contributed by atoms with Crippen molar-refractivity contribution in [3.05, 3.63) is 69.0 Å². The van der Waals surface area contributed by atoms with Gasteiger partial charge in [-0.1, -0.05) is 11.6 Å². The second-order valence-corrected chi connectivity index (χ2v) is 6.33. The summed E-state index contributed by atoms with van der Waals surface area (Å²) in [4.78, 5) is 16.9. The first-order valence-corrected chi connectivity index (χ1v) is 7.94. The normalized spacial score (nSPS) is 10.8.